The van der Waals surface area contributed by atoms with Crippen molar-refractivity contribution >= 4 is 50.9 Å². The molecule has 0 aliphatic rings. The summed E-state index contributed by atoms with van der Waals surface area (Å²) in [6.45, 7) is 17.3. The number of rotatable bonds is 18. The first-order chi connectivity index (χ1) is 16.9. The Hall–Kier alpha value is -1.55. The van der Waals surface area contributed by atoms with Crippen LogP contribution in [0.25, 0.3) is 0 Å². The van der Waals surface area contributed by atoms with Gasteiger partial charge in [-0.25, -0.2) is 0 Å². The summed E-state index contributed by atoms with van der Waals surface area (Å²) in [5, 5.41) is 2.63. The molecular weight excluding hydrogens is 512 g/mol. The van der Waals surface area contributed by atoms with Crippen molar-refractivity contribution in [1.82, 2.24) is 10.2 Å². The standard InChI is InChI=1S/C27H48N2O6S2/c1-18(2)24(33)20(5)28-22(31)16-29(10)23(32)13-11-12-21(30)14-15-26(6,7)36-37-27(8,9)17-35-25(34)19(3)4/h18-20H,11-17H2,1-10H3,(H,28,31)/t20-/m0/s1. The first kappa shape index (κ1) is 35.5. The highest BCUT2D eigenvalue weighted by Gasteiger charge is 2.28. The third-order valence-corrected chi connectivity index (χ3v) is 9.82. The Morgan fingerprint density at radius 1 is 0.838 bits per heavy atom. The number of likely N-dealkylation sites (N-methyl/N-ethyl adjacent to an activating group) is 1. The van der Waals surface area contributed by atoms with Crippen molar-refractivity contribution in [2.24, 2.45) is 11.8 Å². The average molecular weight is 561 g/mol. The zero-order chi connectivity index (χ0) is 29.0. The number of esters is 1. The minimum atomic E-state index is -0.595. The smallest absolute Gasteiger partial charge is 0.308 e. The summed E-state index contributed by atoms with van der Waals surface area (Å²) in [7, 11) is 4.88. The fraction of sp³-hybridized carbons (Fsp3) is 0.815. The van der Waals surface area contributed by atoms with Crippen molar-refractivity contribution in [2.45, 2.75) is 110 Å². The van der Waals surface area contributed by atoms with Crippen LogP contribution in [-0.2, 0) is 28.7 Å². The van der Waals surface area contributed by atoms with E-state index < -0.39 is 6.04 Å². The molecule has 214 valence electrons. The Kier molecular flexibility index (Phi) is 15.7. The number of amides is 2. The van der Waals surface area contributed by atoms with Gasteiger partial charge in [-0.05, 0) is 47.5 Å². The molecule has 0 heterocycles. The van der Waals surface area contributed by atoms with Crippen molar-refractivity contribution < 1.29 is 28.7 Å². The molecule has 0 unspecified atom stereocenters. The van der Waals surface area contributed by atoms with Crippen molar-refractivity contribution in [3.8, 4) is 0 Å². The minimum Gasteiger partial charge on any atom is -0.464 e. The normalized spacial score (nSPS) is 12.9. The summed E-state index contributed by atoms with van der Waals surface area (Å²) in [5.74, 6) is -1.07. The highest BCUT2D eigenvalue weighted by Crippen LogP contribution is 2.45. The van der Waals surface area contributed by atoms with Crippen LogP contribution in [-0.4, -0.2) is 70.0 Å². The maximum atomic E-state index is 12.4. The molecule has 0 rings (SSSR count). The van der Waals surface area contributed by atoms with Gasteiger partial charge in [0.15, 0.2) is 5.78 Å². The number of ketones is 2. The Morgan fingerprint density at radius 2 is 1.41 bits per heavy atom. The van der Waals surface area contributed by atoms with Gasteiger partial charge in [0.1, 0.15) is 12.4 Å². The van der Waals surface area contributed by atoms with E-state index in [0.717, 1.165) is 0 Å². The highest BCUT2D eigenvalue weighted by molar-refractivity contribution is 8.77. The van der Waals surface area contributed by atoms with Gasteiger partial charge < -0.3 is 15.0 Å². The maximum Gasteiger partial charge on any atom is 0.308 e. The molecule has 0 aliphatic heterocycles. The lowest BCUT2D eigenvalue weighted by atomic mass is 10.0. The maximum absolute atomic E-state index is 12.4. The molecule has 1 N–H and O–H groups in total. The van der Waals surface area contributed by atoms with Crippen LogP contribution >= 0.6 is 21.6 Å². The molecule has 0 aliphatic carbocycles. The van der Waals surface area contributed by atoms with Crippen LogP contribution in [0.15, 0.2) is 0 Å². The third-order valence-electron chi connectivity index (χ3n) is 5.56. The number of nitrogens with one attached hydrogen (secondary N) is 1. The van der Waals surface area contributed by atoms with Gasteiger partial charge in [-0.2, -0.15) is 0 Å². The first-order valence-electron chi connectivity index (χ1n) is 13.0. The molecule has 0 aromatic rings. The summed E-state index contributed by atoms with van der Waals surface area (Å²) in [6.07, 6.45) is 2.07. The Bertz CT molecular complexity index is 796. The fourth-order valence-electron chi connectivity index (χ4n) is 3.06. The average Bonchev–Trinajstić information content (AvgIpc) is 2.79. The monoisotopic (exact) mass is 560 g/mol. The molecule has 0 fully saturated rings. The topological polar surface area (TPSA) is 110 Å². The van der Waals surface area contributed by atoms with Crippen molar-refractivity contribution in [3.63, 3.8) is 0 Å². The second-order valence-electron chi connectivity index (χ2n) is 11.4. The van der Waals surface area contributed by atoms with Gasteiger partial charge in [0.05, 0.1) is 23.3 Å². The lowest BCUT2D eigenvalue weighted by Crippen LogP contribution is -2.45. The number of carbonyl (C=O) groups is 5. The number of nitrogens with zero attached hydrogens (tertiary/aromatic N) is 1. The van der Waals surface area contributed by atoms with Gasteiger partial charge in [0.2, 0.25) is 11.8 Å². The molecule has 0 aromatic carbocycles. The first-order valence-corrected chi connectivity index (χ1v) is 15.1. The molecule has 0 spiro atoms. The second-order valence-corrected chi connectivity index (χ2v) is 15.0. The van der Waals surface area contributed by atoms with Crippen LogP contribution in [0.1, 0.15) is 94.4 Å². The lowest BCUT2D eigenvalue weighted by Gasteiger charge is -2.29. The van der Waals surface area contributed by atoms with E-state index in [1.807, 2.05) is 27.7 Å². The van der Waals surface area contributed by atoms with Gasteiger partial charge in [-0.1, -0.05) is 49.3 Å². The largest absolute Gasteiger partial charge is 0.464 e. The van der Waals surface area contributed by atoms with Crippen molar-refractivity contribution in [3.05, 3.63) is 0 Å². The van der Waals surface area contributed by atoms with Crippen LogP contribution < -0.4 is 5.32 Å². The zero-order valence-electron chi connectivity index (χ0n) is 24.4. The highest BCUT2D eigenvalue weighted by atomic mass is 33.1. The van der Waals surface area contributed by atoms with Gasteiger partial charge in [0, 0.05) is 37.0 Å². The molecule has 0 bridgehead atoms. The molecule has 37 heavy (non-hydrogen) atoms. The molecule has 0 saturated carbocycles. The Balaban J connectivity index is 4.33. The SMILES string of the molecule is CC(C)C(=O)OCC(C)(C)SSC(C)(C)CCC(=O)CCCC(=O)N(C)CC(=O)N[C@@H](C)C(=O)C(C)C. The number of hydrogen-bond acceptors (Lipinski definition) is 8. The van der Waals surface area contributed by atoms with E-state index in [1.54, 1.807) is 49.4 Å². The van der Waals surface area contributed by atoms with Gasteiger partial charge in [0.25, 0.3) is 0 Å². The number of hydrogen-bond donors (Lipinski definition) is 1. The quantitative estimate of drug-likeness (QED) is 0.187. The van der Waals surface area contributed by atoms with E-state index in [0.29, 0.717) is 32.3 Å². The summed E-state index contributed by atoms with van der Waals surface area (Å²) in [6, 6.07) is -0.595. The molecule has 0 radical (unpaired) electrons. The van der Waals surface area contributed by atoms with E-state index in [-0.39, 0.29) is 63.6 Å². The third kappa shape index (κ3) is 16.1. The van der Waals surface area contributed by atoms with Crippen molar-refractivity contribution in [2.75, 3.05) is 20.2 Å². The second kappa shape index (κ2) is 16.4. The molecular formula is C27H48N2O6S2. The number of ether oxygens (including phenoxy) is 1. The van der Waals surface area contributed by atoms with E-state index in [9.17, 15) is 24.0 Å². The predicted octanol–water partition coefficient (Wildman–Crippen LogP) is 4.83. The molecule has 8 nitrogen and oxygen atoms in total. The molecule has 0 aromatic heterocycles. The van der Waals surface area contributed by atoms with E-state index in [1.165, 1.54) is 4.90 Å². The van der Waals surface area contributed by atoms with E-state index in [4.69, 9.17) is 4.74 Å². The predicted molar refractivity (Wildman–Crippen MR) is 152 cm³/mol. The Labute approximate surface area is 231 Å². The van der Waals surface area contributed by atoms with Crippen LogP contribution in [0, 0.1) is 11.8 Å². The summed E-state index contributed by atoms with van der Waals surface area (Å²) >= 11 is 0. The molecule has 2 amide bonds. The van der Waals surface area contributed by atoms with E-state index >= 15 is 0 Å². The number of carbonyl (C=O) groups excluding carboxylic acids is 5. The summed E-state index contributed by atoms with van der Waals surface area (Å²) in [5.41, 5.74) is 0. The van der Waals surface area contributed by atoms with Crippen molar-refractivity contribution in [1.29, 1.82) is 0 Å². The van der Waals surface area contributed by atoms with Gasteiger partial charge in [-0.3, -0.25) is 24.0 Å². The fourth-order valence-corrected chi connectivity index (χ4v) is 5.55. The summed E-state index contributed by atoms with van der Waals surface area (Å²) < 4.78 is 4.98. The molecule has 0 saturated heterocycles. The van der Waals surface area contributed by atoms with Gasteiger partial charge >= 0.3 is 5.97 Å². The number of Topliss-reactive ketones (excluding diaryl/α,β-unsaturated/α-hetero) is 2. The molecule has 10 heteroatoms. The van der Waals surface area contributed by atoms with Crippen LogP contribution in [0.4, 0.5) is 0 Å². The Morgan fingerprint density at radius 3 is 1.95 bits per heavy atom. The molecule has 1 atom stereocenters. The van der Waals surface area contributed by atoms with Crippen LogP contribution in [0.2, 0.25) is 0 Å². The van der Waals surface area contributed by atoms with Crippen LogP contribution in [0.5, 0.6) is 0 Å². The zero-order valence-corrected chi connectivity index (χ0v) is 26.0. The minimum absolute atomic E-state index is 0.0585. The van der Waals surface area contributed by atoms with Crippen LogP contribution in [0.3, 0.4) is 0 Å². The lowest BCUT2D eigenvalue weighted by molar-refractivity contribution is -0.148. The van der Waals surface area contributed by atoms with Gasteiger partial charge in [-0.15, -0.1) is 0 Å². The summed E-state index contributed by atoms with van der Waals surface area (Å²) in [4.78, 5) is 61.9. The van der Waals surface area contributed by atoms with E-state index in [2.05, 4.69) is 19.2 Å².